The fourth-order valence-electron chi connectivity index (χ4n) is 9.87. The van der Waals surface area contributed by atoms with E-state index in [1.807, 2.05) is 17.8 Å². The van der Waals surface area contributed by atoms with Crippen LogP contribution in [0.5, 0.6) is 11.5 Å². The molecule has 0 amide bonds. The summed E-state index contributed by atoms with van der Waals surface area (Å²) >= 11 is 1.99. The third-order valence-corrected chi connectivity index (χ3v) is 14.5. The Morgan fingerprint density at radius 1 is 0.883 bits per heavy atom. The monoisotopic (exact) mass is 853 g/mol. The van der Waals surface area contributed by atoms with Gasteiger partial charge in [0.2, 0.25) is 5.79 Å². The average molecular weight is 853 g/mol. The van der Waals surface area contributed by atoms with Crippen molar-refractivity contribution >= 4 is 17.5 Å². The molecule has 0 bridgehead atoms. The maximum Gasteiger partial charge on any atom is 0.230 e. The third kappa shape index (κ3) is 14.8. The molecule has 0 spiro atoms. The summed E-state index contributed by atoms with van der Waals surface area (Å²) in [4.78, 5) is 8.67. The smallest absolute Gasteiger partial charge is 0.230 e. The van der Waals surface area contributed by atoms with Crippen molar-refractivity contribution in [3.05, 3.63) is 48.1 Å². The van der Waals surface area contributed by atoms with Gasteiger partial charge in [0, 0.05) is 50.8 Å². The average Bonchev–Trinajstić information content (AvgIpc) is 4.06. The molecule has 2 aliphatic carbocycles. The highest BCUT2D eigenvalue weighted by molar-refractivity contribution is 8.00. The zero-order chi connectivity index (χ0) is 42.6. The fraction of sp³-hybridized carbons (Fsp3) is 0.784. The van der Waals surface area contributed by atoms with Crippen molar-refractivity contribution in [2.75, 3.05) is 51.8 Å². The van der Waals surface area contributed by atoms with Gasteiger partial charge in [-0.1, -0.05) is 121 Å². The summed E-state index contributed by atoms with van der Waals surface area (Å²) in [5.74, 6) is 2.39. The van der Waals surface area contributed by atoms with Crippen molar-refractivity contribution in [3.63, 3.8) is 0 Å². The first-order valence-electron chi connectivity index (χ1n) is 24.5. The fourth-order valence-corrected chi connectivity index (χ4v) is 11.3. The molecule has 1 saturated heterocycles. The number of aliphatic hydroxyl groups excluding tert-OH is 2. The van der Waals surface area contributed by atoms with Gasteiger partial charge in [0.1, 0.15) is 23.7 Å². The van der Waals surface area contributed by atoms with Gasteiger partial charge >= 0.3 is 0 Å². The van der Waals surface area contributed by atoms with Gasteiger partial charge in [-0.3, -0.25) is 4.90 Å². The van der Waals surface area contributed by atoms with Gasteiger partial charge in [-0.25, -0.2) is 0 Å². The van der Waals surface area contributed by atoms with Crippen LogP contribution in [0, 0.1) is 17.8 Å². The van der Waals surface area contributed by atoms with Gasteiger partial charge in [-0.05, 0) is 94.2 Å². The zero-order valence-corrected chi connectivity index (χ0v) is 39.1. The molecule has 1 aromatic rings. The van der Waals surface area contributed by atoms with E-state index >= 15 is 0 Å². The molecule has 6 atom stereocenters. The number of oxime groups is 1. The number of aliphatic hydroxyl groups is 2. The standard InChI is InChI=1S/C51H84N2O6S/c1-6-8-9-10-11-12-13-14-15-16-17-18-19-24-36-60-47-39-45(52-59-50(3,4)5)43-37-40(25-20-22-32-54)42(26-21-23-33-55)48-44-38-41(56-35-31-53-29-30-53)27-28-46(44)58-51(47,49(43)48)57-34-7-2/h7,27-28,37-38,40,42,47-49,54-55H,2,6,8-26,29-36,39H2,1,3-5H3. The Hall–Kier alpha value is -2.04. The van der Waals surface area contributed by atoms with Crippen LogP contribution in [0.4, 0.5) is 0 Å². The van der Waals surface area contributed by atoms with Crippen LogP contribution in [0.2, 0.25) is 0 Å². The first-order valence-corrected chi connectivity index (χ1v) is 25.5. The molecule has 0 radical (unpaired) electrons. The van der Waals surface area contributed by atoms with E-state index < -0.39 is 11.4 Å². The van der Waals surface area contributed by atoms with E-state index in [9.17, 15) is 10.2 Å². The Bertz CT molecular complexity index is 1460. The minimum absolute atomic E-state index is 0.00732. The molecule has 5 rings (SSSR count). The summed E-state index contributed by atoms with van der Waals surface area (Å²) in [7, 11) is 0. The largest absolute Gasteiger partial charge is 0.492 e. The molecule has 4 aliphatic rings. The second-order valence-corrected chi connectivity index (χ2v) is 20.4. The van der Waals surface area contributed by atoms with Crippen molar-refractivity contribution < 1.29 is 29.3 Å². The topological polar surface area (TPSA) is 92.8 Å². The molecule has 1 aromatic carbocycles. The Morgan fingerprint density at radius 3 is 2.15 bits per heavy atom. The van der Waals surface area contributed by atoms with Crippen LogP contribution in [0.1, 0.15) is 174 Å². The maximum absolute atomic E-state index is 9.94. The molecule has 0 aromatic heterocycles. The van der Waals surface area contributed by atoms with Crippen molar-refractivity contribution in [1.29, 1.82) is 0 Å². The number of thioether (sulfide) groups is 1. The van der Waals surface area contributed by atoms with E-state index in [4.69, 9.17) is 24.2 Å². The van der Waals surface area contributed by atoms with Gasteiger partial charge < -0.3 is 29.3 Å². The Balaban J connectivity index is 1.39. The van der Waals surface area contributed by atoms with Gasteiger partial charge in [0.25, 0.3) is 0 Å². The number of ether oxygens (including phenoxy) is 3. The molecule has 2 N–H and O–H groups in total. The number of nitrogens with zero attached hydrogens (tertiary/aromatic N) is 2. The number of allylic oxidation sites excluding steroid dienone is 1. The van der Waals surface area contributed by atoms with Crippen LogP contribution >= 0.6 is 11.8 Å². The minimum Gasteiger partial charge on any atom is -0.492 e. The number of rotatable bonds is 32. The lowest BCUT2D eigenvalue weighted by Gasteiger charge is -2.58. The summed E-state index contributed by atoms with van der Waals surface area (Å²) in [5.41, 5.74) is 2.95. The molecule has 60 heavy (non-hydrogen) atoms. The summed E-state index contributed by atoms with van der Waals surface area (Å²) < 4.78 is 20.9. The predicted octanol–water partition coefficient (Wildman–Crippen LogP) is 12.0. The molecule has 2 aliphatic heterocycles. The van der Waals surface area contributed by atoms with Crippen LogP contribution in [0.3, 0.4) is 0 Å². The van der Waals surface area contributed by atoms with Crippen LogP contribution in [-0.2, 0) is 9.57 Å². The van der Waals surface area contributed by atoms with E-state index in [-0.39, 0.29) is 42.1 Å². The lowest BCUT2D eigenvalue weighted by atomic mass is 9.56. The molecule has 8 nitrogen and oxygen atoms in total. The molecule has 340 valence electrons. The van der Waals surface area contributed by atoms with Crippen molar-refractivity contribution in [2.24, 2.45) is 22.9 Å². The number of benzene rings is 1. The second kappa shape index (κ2) is 25.9. The van der Waals surface area contributed by atoms with Crippen molar-refractivity contribution in [3.8, 4) is 11.5 Å². The van der Waals surface area contributed by atoms with Gasteiger partial charge in [0.15, 0.2) is 0 Å². The summed E-state index contributed by atoms with van der Waals surface area (Å²) in [5, 5.41) is 24.8. The van der Waals surface area contributed by atoms with Crippen LogP contribution < -0.4 is 9.47 Å². The Labute approximate surface area is 369 Å². The summed E-state index contributed by atoms with van der Waals surface area (Å²) in [6, 6.07) is 6.45. The van der Waals surface area contributed by atoms with E-state index in [1.54, 1.807) is 0 Å². The first-order chi connectivity index (χ1) is 29.2. The normalized spacial score (nSPS) is 25.3. The lowest BCUT2D eigenvalue weighted by molar-refractivity contribution is -0.223. The van der Waals surface area contributed by atoms with Crippen LogP contribution in [-0.4, -0.2) is 89.3 Å². The second-order valence-electron chi connectivity index (χ2n) is 19.1. The van der Waals surface area contributed by atoms with Crippen molar-refractivity contribution in [2.45, 2.75) is 185 Å². The first kappa shape index (κ1) is 49.0. The SMILES string of the molecule is C=CCOC12Oc3ccc(OCCN4CC4)cc3C3C(CCCCO)C(CCCCO)C=C(C(=NOC(C)(C)C)CC1SCCCCCCCCCCCCCCCC)C32. The minimum atomic E-state index is -0.925. The van der Waals surface area contributed by atoms with Gasteiger partial charge in [-0.15, -0.1) is 6.58 Å². The zero-order valence-electron chi connectivity index (χ0n) is 38.3. The molecule has 2 heterocycles. The molecule has 1 saturated carbocycles. The molecule has 9 heteroatoms. The summed E-state index contributed by atoms with van der Waals surface area (Å²) in [6.07, 6.45) is 29.4. The summed E-state index contributed by atoms with van der Waals surface area (Å²) in [6.45, 7) is 17.3. The highest BCUT2D eigenvalue weighted by Gasteiger charge is 2.64. The Morgan fingerprint density at radius 2 is 1.53 bits per heavy atom. The van der Waals surface area contributed by atoms with Crippen LogP contribution in [0.15, 0.2) is 47.7 Å². The van der Waals surface area contributed by atoms with Crippen LogP contribution in [0.25, 0.3) is 0 Å². The highest BCUT2D eigenvalue weighted by Crippen LogP contribution is 2.62. The molecule has 2 fully saturated rings. The van der Waals surface area contributed by atoms with Crippen molar-refractivity contribution in [1.82, 2.24) is 4.90 Å². The molecular formula is C51H84N2O6S. The quantitative estimate of drug-likeness (QED) is 0.0320. The highest BCUT2D eigenvalue weighted by atomic mass is 32.2. The number of unbranched alkanes of at least 4 members (excludes halogenated alkanes) is 15. The Kier molecular flexibility index (Phi) is 21.2. The third-order valence-electron chi connectivity index (χ3n) is 13.1. The lowest BCUT2D eigenvalue weighted by Crippen LogP contribution is -2.64. The van der Waals surface area contributed by atoms with E-state index in [1.165, 1.54) is 101 Å². The number of hydrogen-bond acceptors (Lipinski definition) is 9. The number of fused-ring (bicyclic) bond motifs is 2. The van der Waals surface area contributed by atoms with Gasteiger partial charge in [-0.2, -0.15) is 11.8 Å². The predicted molar refractivity (Wildman–Crippen MR) is 251 cm³/mol. The van der Waals surface area contributed by atoms with E-state index in [2.05, 4.69) is 63.4 Å². The molecule has 6 unspecified atom stereocenters. The van der Waals surface area contributed by atoms with Gasteiger partial charge in [0.05, 0.1) is 23.5 Å². The van der Waals surface area contributed by atoms with E-state index in [0.717, 1.165) is 81.1 Å². The maximum atomic E-state index is 9.94. The molecular weight excluding hydrogens is 769 g/mol. The van der Waals surface area contributed by atoms with E-state index in [0.29, 0.717) is 19.6 Å². The number of hydrogen-bond donors (Lipinski definition) is 2.